The van der Waals surface area contributed by atoms with Crippen molar-refractivity contribution in [2.45, 2.75) is 23.9 Å². The predicted molar refractivity (Wildman–Crippen MR) is 64.0 cm³/mol. The summed E-state index contributed by atoms with van der Waals surface area (Å²) in [6, 6.07) is 2.36. The SMILES string of the molecule is O=[N+]([O-])c1cccnc1S(=O)(=O)C[C@H]1CCCN1. The van der Waals surface area contributed by atoms with Crippen molar-refractivity contribution < 1.29 is 13.3 Å². The number of nitro groups is 1. The lowest BCUT2D eigenvalue weighted by molar-refractivity contribution is -0.388. The molecule has 0 amide bonds. The summed E-state index contributed by atoms with van der Waals surface area (Å²) in [5, 5.41) is 13.4. The van der Waals surface area contributed by atoms with Crippen LogP contribution in [0.2, 0.25) is 0 Å². The fourth-order valence-corrected chi connectivity index (χ4v) is 3.66. The van der Waals surface area contributed by atoms with Crippen molar-refractivity contribution in [3.63, 3.8) is 0 Å². The van der Waals surface area contributed by atoms with E-state index >= 15 is 0 Å². The lowest BCUT2D eigenvalue weighted by atomic mass is 10.3. The highest BCUT2D eigenvalue weighted by Gasteiger charge is 2.30. The first-order valence-corrected chi connectivity index (χ1v) is 7.21. The normalized spacial score (nSPS) is 19.9. The Labute approximate surface area is 104 Å². The Morgan fingerprint density at radius 1 is 1.56 bits per heavy atom. The third kappa shape index (κ3) is 2.65. The number of sulfone groups is 1. The monoisotopic (exact) mass is 271 g/mol. The summed E-state index contributed by atoms with van der Waals surface area (Å²) in [5.41, 5.74) is -0.463. The second kappa shape index (κ2) is 4.99. The van der Waals surface area contributed by atoms with E-state index in [2.05, 4.69) is 10.3 Å². The lowest BCUT2D eigenvalue weighted by Crippen LogP contribution is -2.30. The number of nitrogens with one attached hydrogen (secondary N) is 1. The molecule has 1 atom stereocenters. The third-order valence-corrected chi connectivity index (χ3v) is 4.57. The minimum atomic E-state index is -3.73. The minimum Gasteiger partial charge on any atom is -0.313 e. The summed E-state index contributed by atoms with van der Waals surface area (Å²) in [7, 11) is -3.73. The zero-order valence-electron chi connectivity index (χ0n) is 9.57. The van der Waals surface area contributed by atoms with Crippen LogP contribution in [0.5, 0.6) is 0 Å². The van der Waals surface area contributed by atoms with E-state index in [1.54, 1.807) is 0 Å². The van der Waals surface area contributed by atoms with Crippen LogP contribution in [0.15, 0.2) is 23.4 Å². The highest BCUT2D eigenvalue weighted by atomic mass is 32.2. The maximum Gasteiger partial charge on any atom is 0.306 e. The molecular weight excluding hydrogens is 258 g/mol. The highest BCUT2D eigenvalue weighted by Crippen LogP contribution is 2.23. The topological polar surface area (TPSA) is 102 Å². The largest absolute Gasteiger partial charge is 0.313 e. The van der Waals surface area contributed by atoms with Crippen LogP contribution >= 0.6 is 0 Å². The van der Waals surface area contributed by atoms with Crippen molar-refractivity contribution in [1.29, 1.82) is 0 Å². The zero-order valence-corrected chi connectivity index (χ0v) is 10.4. The fraction of sp³-hybridized carbons (Fsp3) is 0.500. The van der Waals surface area contributed by atoms with Gasteiger partial charge in [-0.25, -0.2) is 13.4 Å². The van der Waals surface area contributed by atoms with Crippen LogP contribution in [0.25, 0.3) is 0 Å². The minimum absolute atomic E-state index is 0.142. The van der Waals surface area contributed by atoms with Crippen LogP contribution in [-0.4, -0.2) is 36.7 Å². The van der Waals surface area contributed by atoms with Crippen LogP contribution in [0.3, 0.4) is 0 Å². The number of pyridine rings is 1. The van der Waals surface area contributed by atoms with Gasteiger partial charge in [-0.2, -0.15) is 0 Å². The Morgan fingerprint density at radius 3 is 2.94 bits per heavy atom. The molecule has 8 heteroatoms. The summed E-state index contributed by atoms with van der Waals surface area (Å²) < 4.78 is 24.2. The number of nitrogens with zero attached hydrogens (tertiary/aromatic N) is 2. The molecule has 0 saturated carbocycles. The summed E-state index contributed by atoms with van der Waals surface area (Å²) >= 11 is 0. The highest BCUT2D eigenvalue weighted by molar-refractivity contribution is 7.91. The molecule has 1 saturated heterocycles. The molecule has 18 heavy (non-hydrogen) atoms. The Bertz CT molecular complexity index is 552. The molecule has 1 aromatic heterocycles. The number of aromatic nitrogens is 1. The Kier molecular flexibility index (Phi) is 3.58. The van der Waals surface area contributed by atoms with Crippen molar-refractivity contribution in [2.24, 2.45) is 0 Å². The van der Waals surface area contributed by atoms with Crippen LogP contribution in [0.4, 0.5) is 5.69 Å². The maximum atomic E-state index is 12.1. The summed E-state index contributed by atoms with van der Waals surface area (Å²) in [6.45, 7) is 0.782. The predicted octanol–water partition coefficient (Wildman–Crippen LogP) is 0.515. The molecule has 1 N–H and O–H groups in total. The van der Waals surface area contributed by atoms with Crippen molar-refractivity contribution >= 4 is 15.5 Å². The summed E-state index contributed by atoms with van der Waals surface area (Å²) in [5.74, 6) is -0.148. The third-order valence-electron chi connectivity index (χ3n) is 2.83. The second-order valence-corrected chi connectivity index (χ2v) is 6.11. The molecule has 1 aliphatic heterocycles. The Hall–Kier alpha value is -1.54. The zero-order chi connectivity index (χ0) is 13.2. The van der Waals surface area contributed by atoms with Gasteiger partial charge in [0.1, 0.15) is 0 Å². The van der Waals surface area contributed by atoms with Gasteiger partial charge < -0.3 is 5.32 Å². The van der Waals surface area contributed by atoms with Crippen LogP contribution in [0.1, 0.15) is 12.8 Å². The van der Waals surface area contributed by atoms with Gasteiger partial charge in [0, 0.05) is 18.3 Å². The average molecular weight is 271 g/mol. The quantitative estimate of drug-likeness (QED) is 0.632. The Balaban J connectivity index is 2.31. The first-order chi connectivity index (χ1) is 8.50. The first kappa shape index (κ1) is 12.9. The molecule has 0 radical (unpaired) electrons. The van der Waals surface area contributed by atoms with E-state index in [1.807, 2.05) is 0 Å². The van der Waals surface area contributed by atoms with Crippen molar-refractivity contribution in [1.82, 2.24) is 10.3 Å². The van der Waals surface area contributed by atoms with E-state index in [4.69, 9.17) is 0 Å². The number of hydrogen-bond acceptors (Lipinski definition) is 6. The van der Waals surface area contributed by atoms with E-state index in [0.29, 0.717) is 0 Å². The molecule has 0 spiro atoms. The van der Waals surface area contributed by atoms with E-state index in [0.717, 1.165) is 25.5 Å². The van der Waals surface area contributed by atoms with Gasteiger partial charge in [0.25, 0.3) is 0 Å². The first-order valence-electron chi connectivity index (χ1n) is 5.56. The second-order valence-electron chi connectivity index (χ2n) is 4.16. The van der Waals surface area contributed by atoms with E-state index in [1.165, 1.54) is 12.3 Å². The van der Waals surface area contributed by atoms with Gasteiger partial charge in [-0.1, -0.05) is 0 Å². The standard InChI is InChI=1S/C10H13N3O4S/c14-13(15)9-4-2-6-12-10(9)18(16,17)7-8-3-1-5-11-8/h2,4,6,8,11H,1,3,5,7H2/t8-/m1/s1. The van der Waals surface area contributed by atoms with Gasteiger partial charge in [-0.15, -0.1) is 0 Å². The van der Waals surface area contributed by atoms with Gasteiger partial charge in [0.15, 0.2) is 0 Å². The molecule has 0 aromatic carbocycles. The van der Waals surface area contributed by atoms with Crippen molar-refractivity contribution in [2.75, 3.05) is 12.3 Å². The molecular formula is C10H13N3O4S. The smallest absolute Gasteiger partial charge is 0.306 e. The van der Waals surface area contributed by atoms with Crippen LogP contribution in [0, 0.1) is 10.1 Å². The molecule has 1 aliphatic rings. The molecule has 2 heterocycles. The summed E-state index contributed by atoms with van der Waals surface area (Å²) in [6.07, 6.45) is 2.94. The lowest BCUT2D eigenvalue weighted by Gasteiger charge is -2.10. The van der Waals surface area contributed by atoms with Crippen LogP contribution < -0.4 is 5.32 Å². The number of rotatable bonds is 4. The molecule has 0 bridgehead atoms. The average Bonchev–Trinajstić information content (AvgIpc) is 2.81. The van der Waals surface area contributed by atoms with E-state index in [9.17, 15) is 18.5 Å². The number of hydrogen-bond donors (Lipinski definition) is 1. The molecule has 1 fully saturated rings. The molecule has 2 rings (SSSR count). The van der Waals surface area contributed by atoms with Crippen molar-refractivity contribution in [3.05, 3.63) is 28.4 Å². The fourth-order valence-electron chi connectivity index (χ4n) is 2.00. The maximum absolute atomic E-state index is 12.1. The molecule has 7 nitrogen and oxygen atoms in total. The van der Waals surface area contributed by atoms with Gasteiger partial charge in [0.05, 0.1) is 10.7 Å². The van der Waals surface area contributed by atoms with E-state index in [-0.39, 0.29) is 11.8 Å². The molecule has 1 aromatic rings. The molecule has 0 aliphatic carbocycles. The van der Waals surface area contributed by atoms with Gasteiger partial charge in [-0.05, 0) is 25.5 Å². The van der Waals surface area contributed by atoms with Crippen LogP contribution in [-0.2, 0) is 9.84 Å². The van der Waals surface area contributed by atoms with Gasteiger partial charge >= 0.3 is 5.69 Å². The molecule has 98 valence electrons. The Morgan fingerprint density at radius 2 is 2.33 bits per heavy atom. The molecule has 0 unspecified atom stereocenters. The van der Waals surface area contributed by atoms with Gasteiger partial charge in [-0.3, -0.25) is 10.1 Å². The summed E-state index contributed by atoms with van der Waals surface area (Å²) in [4.78, 5) is 13.7. The van der Waals surface area contributed by atoms with E-state index < -0.39 is 25.5 Å². The van der Waals surface area contributed by atoms with Crippen molar-refractivity contribution in [3.8, 4) is 0 Å². The van der Waals surface area contributed by atoms with Gasteiger partial charge in [0.2, 0.25) is 14.9 Å².